The molecule has 0 N–H and O–H groups in total. The van der Waals surface area contributed by atoms with Crippen LogP contribution in [0.25, 0.3) is 0 Å². The molecule has 1 aromatic rings. The second-order valence-electron chi connectivity index (χ2n) is 4.55. The Hall–Kier alpha value is -1.75. The summed E-state index contributed by atoms with van der Waals surface area (Å²) in [7, 11) is 1.36. The zero-order valence-electron chi connectivity index (χ0n) is 11.9. The Balaban J connectivity index is 2.16. The number of benzene rings is 1. The van der Waals surface area contributed by atoms with Gasteiger partial charge in [-0.05, 0) is 19.1 Å². The van der Waals surface area contributed by atoms with Crippen molar-refractivity contribution in [3.05, 3.63) is 23.8 Å². The van der Waals surface area contributed by atoms with Crippen LogP contribution in [0.3, 0.4) is 0 Å². The van der Waals surface area contributed by atoms with Gasteiger partial charge in [0.1, 0.15) is 17.6 Å². The van der Waals surface area contributed by atoms with Gasteiger partial charge in [-0.3, -0.25) is 0 Å². The summed E-state index contributed by atoms with van der Waals surface area (Å²) in [5, 5.41) is 0. The first-order valence-electron chi connectivity index (χ1n) is 6.83. The standard InChI is InChI=1S/C15H20O5/c1-3-19-13-8-11(15(16)17-2)9-14(10-13)20-12-4-6-18-7-5-12/h8-10,12H,3-7H2,1-2H3. The average Bonchev–Trinajstić information content (AvgIpc) is 2.47. The summed E-state index contributed by atoms with van der Waals surface area (Å²) in [6, 6.07) is 5.14. The molecular weight excluding hydrogens is 260 g/mol. The summed E-state index contributed by atoms with van der Waals surface area (Å²) in [6.07, 6.45) is 1.82. The molecule has 0 amide bonds. The van der Waals surface area contributed by atoms with Crippen LogP contribution in [0, 0.1) is 0 Å². The van der Waals surface area contributed by atoms with Crippen LogP contribution in [0.2, 0.25) is 0 Å². The van der Waals surface area contributed by atoms with Crippen molar-refractivity contribution in [2.45, 2.75) is 25.9 Å². The maximum Gasteiger partial charge on any atom is 0.338 e. The summed E-state index contributed by atoms with van der Waals surface area (Å²) in [4.78, 5) is 11.7. The molecule has 0 spiro atoms. The summed E-state index contributed by atoms with van der Waals surface area (Å²) in [5.74, 6) is 0.837. The fourth-order valence-corrected chi connectivity index (χ4v) is 2.11. The Bertz CT molecular complexity index is 452. The second kappa shape index (κ2) is 7.14. The van der Waals surface area contributed by atoms with Gasteiger partial charge in [0.05, 0.1) is 32.5 Å². The summed E-state index contributed by atoms with van der Waals surface area (Å²) in [5.41, 5.74) is 0.431. The maximum atomic E-state index is 11.7. The minimum atomic E-state index is -0.400. The van der Waals surface area contributed by atoms with Gasteiger partial charge in [-0.25, -0.2) is 4.79 Å². The maximum absolute atomic E-state index is 11.7. The Morgan fingerprint density at radius 2 is 1.95 bits per heavy atom. The number of hydrogen-bond acceptors (Lipinski definition) is 5. The molecule has 0 saturated carbocycles. The molecule has 0 aromatic heterocycles. The molecule has 1 aliphatic rings. The molecule has 2 rings (SSSR count). The first-order chi connectivity index (χ1) is 9.72. The number of hydrogen-bond donors (Lipinski definition) is 0. The third-order valence-corrected chi connectivity index (χ3v) is 3.08. The van der Waals surface area contributed by atoms with Crippen molar-refractivity contribution in [2.24, 2.45) is 0 Å². The molecule has 1 heterocycles. The molecule has 20 heavy (non-hydrogen) atoms. The van der Waals surface area contributed by atoms with Crippen LogP contribution in [0.15, 0.2) is 18.2 Å². The largest absolute Gasteiger partial charge is 0.494 e. The van der Waals surface area contributed by atoms with Crippen molar-refractivity contribution in [3.63, 3.8) is 0 Å². The van der Waals surface area contributed by atoms with Crippen LogP contribution in [0.4, 0.5) is 0 Å². The SMILES string of the molecule is CCOc1cc(OC2CCOCC2)cc(C(=O)OC)c1. The van der Waals surface area contributed by atoms with E-state index >= 15 is 0 Å². The van der Waals surface area contributed by atoms with Gasteiger partial charge in [-0.15, -0.1) is 0 Å². The van der Waals surface area contributed by atoms with Gasteiger partial charge in [0.2, 0.25) is 0 Å². The topological polar surface area (TPSA) is 54.0 Å². The van der Waals surface area contributed by atoms with Crippen molar-refractivity contribution in [1.82, 2.24) is 0 Å². The van der Waals surface area contributed by atoms with Crippen LogP contribution in [0.1, 0.15) is 30.1 Å². The van der Waals surface area contributed by atoms with Gasteiger partial charge in [0.25, 0.3) is 0 Å². The van der Waals surface area contributed by atoms with Crippen LogP contribution in [-0.2, 0) is 9.47 Å². The quantitative estimate of drug-likeness (QED) is 0.775. The Morgan fingerprint density at radius 3 is 2.60 bits per heavy atom. The zero-order valence-corrected chi connectivity index (χ0v) is 11.9. The lowest BCUT2D eigenvalue weighted by Crippen LogP contribution is -2.26. The minimum Gasteiger partial charge on any atom is -0.494 e. The van der Waals surface area contributed by atoms with Crippen molar-refractivity contribution >= 4 is 5.97 Å². The molecule has 0 radical (unpaired) electrons. The van der Waals surface area contributed by atoms with Gasteiger partial charge in [0, 0.05) is 18.9 Å². The number of ether oxygens (including phenoxy) is 4. The minimum absolute atomic E-state index is 0.117. The predicted molar refractivity (Wildman–Crippen MR) is 73.4 cm³/mol. The molecule has 1 aliphatic heterocycles. The van der Waals surface area contributed by atoms with Crippen molar-refractivity contribution < 1.29 is 23.7 Å². The third kappa shape index (κ3) is 3.87. The van der Waals surface area contributed by atoms with Crippen molar-refractivity contribution in [2.75, 3.05) is 26.9 Å². The highest BCUT2D eigenvalue weighted by Gasteiger charge is 2.17. The molecule has 110 valence electrons. The van der Waals surface area contributed by atoms with Gasteiger partial charge < -0.3 is 18.9 Å². The van der Waals surface area contributed by atoms with E-state index < -0.39 is 5.97 Å². The van der Waals surface area contributed by atoms with Gasteiger partial charge in [-0.2, -0.15) is 0 Å². The van der Waals surface area contributed by atoms with Crippen LogP contribution in [0.5, 0.6) is 11.5 Å². The first kappa shape index (κ1) is 14.7. The van der Waals surface area contributed by atoms with E-state index in [0.717, 1.165) is 12.8 Å². The second-order valence-corrected chi connectivity index (χ2v) is 4.55. The highest BCUT2D eigenvalue weighted by Crippen LogP contribution is 2.26. The highest BCUT2D eigenvalue weighted by molar-refractivity contribution is 5.90. The van der Waals surface area contributed by atoms with E-state index in [2.05, 4.69) is 0 Å². The smallest absolute Gasteiger partial charge is 0.338 e. The Morgan fingerprint density at radius 1 is 1.25 bits per heavy atom. The molecule has 5 heteroatoms. The Kier molecular flexibility index (Phi) is 5.24. The summed E-state index contributed by atoms with van der Waals surface area (Å²) in [6.45, 7) is 3.84. The lowest BCUT2D eigenvalue weighted by atomic mass is 10.1. The molecule has 5 nitrogen and oxygen atoms in total. The van der Waals surface area contributed by atoms with Crippen LogP contribution < -0.4 is 9.47 Å². The monoisotopic (exact) mass is 280 g/mol. The lowest BCUT2D eigenvalue weighted by Gasteiger charge is -2.23. The van der Waals surface area contributed by atoms with Crippen LogP contribution >= 0.6 is 0 Å². The molecule has 0 aliphatic carbocycles. The molecular formula is C15H20O5. The molecule has 1 fully saturated rings. The van der Waals surface area contributed by atoms with Crippen molar-refractivity contribution in [3.8, 4) is 11.5 Å². The Labute approximate surface area is 118 Å². The average molecular weight is 280 g/mol. The zero-order chi connectivity index (χ0) is 14.4. The lowest BCUT2D eigenvalue weighted by molar-refractivity contribution is 0.0253. The molecule has 1 aromatic carbocycles. The fraction of sp³-hybridized carbons (Fsp3) is 0.533. The fourth-order valence-electron chi connectivity index (χ4n) is 2.11. The van der Waals surface area contributed by atoms with E-state index in [1.807, 2.05) is 6.92 Å². The van der Waals surface area contributed by atoms with E-state index in [4.69, 9.17) is 18.9 Å². The van der Waals surface area contributed by atoms with Crippen molar-refractivity contribution in [1.29, 1.82) is 0 Å². The van der Waals surface area contributed by atoms with E-state index in [1.54, 1.807) is 18.2 Å². The first-order valence-corrected chi connectivity index (χ1v) is 6.83. The third-order valence-electron chi connectivity index (χ3n) is 3.08. The van der Waals surface area contributed by atoms with Gasteiger partial charge in [-0.1, -0.05) is 0 Å². The van der Waals surface area contributed by atoms with E-state index in [0.29, 0.717) is 36.9 Å². The normalized spacial score (nSPS) is 15.7. The number of esters is 1. The summed E-state index contributed by atoms with van der Waals surface area (Å²) >= 11 is 0. The summed E-state index contributed by atoms with van der Waals surface area (Å²) < 4.78 is 21.4. The van der Waals surface area contributed by atoms with E-state index in [-0.39, 0.29) is 6.10 Å². The number of methoxy groups -OCH3 is 1. The van der Waals surface area contributed by atoms with Crippen LogP contribution in [-0.4, -0.2) is 39.0 Å². The molecule has 1 saturated heterocycles. The van der Waals surface area contributed by atoms with E-state index in [1.165, 1.54) is 7.11 Å². The van der Waals surface area contributed by atoms with Gasteiger partial charge >= 0.3 is 5.97 Å². The number of carbonyl (C=O) groups excluding carboxylic acids is 1. The van der Waals surface area contributed by atoms with E-state index in [9.17, 15) is 4.79 Å². The molecule has 0 unspecified atom stereocenters. The molecule has 0 atom stereocenters. The van der Waals surface area contributed by atoms with Gasteiger partial charge in [0.15, 0.2) is 0 Å². The number of rotatable bonds is 5. The highest BCUT2D eigenvalue weighted by atomic mass is 16.5. The number of carbonyl (C=O) groups is 1. The molecule has 0 bridgehead atoms. The predicted octanol–water partition coefficient (Wildman–Crippen LogP) is 2.43.